The van der Waals surface area contributed by atoms with Gasteiger partial charge in [0, 0.05) is 17.5 Å². The molecule has 0 aliphatic carbocycles. The second-order valence-corrected chi connectivity index (χ2v) is 5.30. The number of nitrogens with zero attached hydrogens (tertiary/aromatic N) is 1. The molecule has 2 aromatic rings. The average molecular weight is 336 g/mol. The van der Waals surface area contributed by atoms with Crippen molar-refractivity contribution >= 4 is 23.3 Å². The lowest BCUT2D eigenvalue weighted by molar-refractivity contribution is -0.386. The van der Waals surface area contributed by atoms with Gasteiger partial charge in [-0.2, -0.15) is 0 Å². The van der Waals surface area contributed by atoms with Crippen molar-refractivity contribution in [3.8, 4) is 5.75 Å². The Hall–Kier alpha value is -2.60. The first-order valence-electron chi connectivity index (χ1n) is 6.82. The van der Waals surface area contributed by atoms with Gasteiger partial charge in [0.15, 0.2) is 5.75 Å². The standard InChI is InChI=1S/C16H14ClNO5/c17-13-5-1-12(2-6-13)10-23-15-7-3-11(4-8-16(19)20)9-14(15)18(21)22/h1-3,5-7,9H,4,8,10H2,(H,19,20). The van der Waals surface area contributed by atoms with E-state index in [1.807, 2.05) is 0 Å². The number of hydrogen-bond donors (Lipinski definition) is 1. The van der Waals surface area contributed by atoms with Crippen molar-refractivity contribution in [2.75, 3.05) is 0 Å². The third kappa shape index (κ3) is 4.96. The van der Waals surface area contributed by atoms with Gasteiger partial charge in [-0.1, -0.05) is 29.8 Å². The van der Waals surface area contributed by atoms with Crippen LogP contribution in [0.15, 0.2) is 42.5 Å². The number of aliphatic carboxylic acids is 1. The molecule has 1 N–H and O–H groups in total. The lowest BCUT2D eigenvalue weighted by atomic mass is 10.1. The Balaban J connectivity index is 2.12. The maximum absolute atomic E-state index is 11.2. The lowest BCUT2D eigenvalue weighted by Crippen LogP contribution is -2.01. The summed E-state index contributed by atoms with van der Waals surface area (Å²) in [6, 6.07) is 11.4. The van der Waals surface area contributed by atoms with Gasteiger partial charge in [0.1, 0.15) is 6.61 Å². The monoisotopic (exact) mass is 335 g/mol. The average Bonchev–Trinajstić information content (AvgIpc) is 2.52. The van der Waals surface area contributed by atoms with Gasteiger partial charge in [-0.05, 0) is 35.7 Å². The Kier molecular flexibility index (Phi) is 5.54. The van der Waals surface area contributed by atoms with Gasteiger partial charge in [0.25, 0.3) is 0 Å². The zero-order valence-electron chi connectivity index (χ0n) is 12.1. The highest BCUT2D eigenvalue weighted by molar-refractivity contribution is 6.30. The van der Waals surface area contributed by atoms with Crippen molar-refractivity contribution < 1.29 is 19.6 Å². The summed E-state index contributed by atoms with van der Waals surface area (Å²) < 4.78 is 5.50. The third-order valence-corrected chi connectivity index (χ3v) is 3.41. The van der Waals surface area contributed by atoms with Gasteiger partial charge in [-0.25, -0.2) is 0 Å². The summed E-state index contributed by atoms with van der Waals surface area (Å²) in [5, 5.41) is 20.4. The van der Waals surface area contributed by atoms with E-state index < -0.39 is 10.9 Å². The minimum absolute atomic E-state index is 0.0812. The van der Waals surface area contributed by atoms with Crippen molar-refractivity contribution in [1.82, 2.24) is 0 Å². The number of halogens is 1. The second kappa shape index (κ2) is 7.60. The van der Waals surface area contributed by atoms with Gasteiger partial charge in [-0.3, -0.25) is 14.9 Å². The molecule has 0 aliphatic heterocycles. The summed E-state index contributed by atoms with van der Waals surface area (Å²) in [7, 11) is 0. The van der Waals surface area contributed by atoms with Gasteiger partial charge in [0.05, 0.1) is 4.92 Å². The second-order valence-electron chi connectivity index (χ2n) is 4.87. The summed E-state index contributed by atoms with van der Waals surface area (Å²) >= 11 is 5.79. The van der Waals surface area contributed by atoms with Crippen LogP contribution in [-0.2, 0) is 17.8 Å². The highest BCUT2D eigenvalue weighted by Gasteiger charge is 2.16. The molecule has 0 saturated heterocycles. The van der Waals surface area contributed by atoms with E-state index >= 15 is 0 Å². The van der Waals surface area contributed by atoms with Crippen LogP contribution in [0.3, 0.4) is 0 Å². The molecular weight excluding hydrogens is 322 g/mol. The van der Waals surface area contributed by atoms with Crippen LogP contribution in [-0.4, -0.2) is 16.0 Å². The number of carboxylic acids is 1. The van der Waals surface area contributed by atoms with Crippen molar-refractivity contribution in [2.24, 2.45) is 0 Å². The molecule has 0 aliphatic rings. The highest BCUT2D eigenvalue weighted by Crippen LogP contribution is 2.29. The topological polar surface area (TPSA) is 89.7 Å². The van der Waals surface area contributed by atoms with Crippen molar-refractivity contribution in [2.45, 2.75) is 19.4 Å². The first kappa shape index (κ1) is 16.8. The van der Waals surface area contributed by atoms with Gasteiger partial charge in [0.2, 0.25) is 0 Å². The molecule has 6 nitrogen and oxygen atoms in total. The van der Waals surface area contributed by atoms with E-state index in [0.717, 1.165) is 5.56 Å². The molecular formula is C16H14ClNO5. The molecule has 2 aromatic carbocycles. The number of carbonyl (C=O) groups is 1. The van der Waals surface area contributed by atoms with Crippen LogP contribution in [0.25, 0.3) is 0 Å². The zero-order valence-corrected chi connectivity index (χ0v) is 12.8. The Morgan fingerprint density at radius 3 is 2.43 bits per heavy atom. The largest absolute Gasteiger partial charge is 0.482 e. The fraction of sp³-hybridized carbons (Fsp3) is 0.188. The van der Waals surface area contributed by atoms with Crippen LogP contribution >= 0.6 is 11.6 Å². The summed E-state index contributed by atoms with van der Waals surface area (Å²) in [4.78, 5) is 21.2. The molecule has 0 fully saturated rings. The number of carboxylic acid groups (broad SMARTS) is 1. The van der Waals surface area contributed by atoms with Crippen LogP contribution in [0.2, 0.25) is 5.02 Å². The molecule has 2 rings (SSSR count). The number of ether oxygens (including phenoxy) is 1. The molecule has 120 valence electrons. The lowest BCUT2D eigenvalue weighted by Gasteiger charge is -2.08. The molecule has 7 heteroatoms. The van der Waals surface area contributed by atoms with Crippen LogP contribution in [0, 0.1) is 10.1 Å². The van der Waals surface area contributed by atoms with Crippen LogP contribution in [0.1, 0.15) is 17.5 Å². The van der Waals surface area contributed by atoms with E-state index in [4.69, 9.17) is 21.4 Å². The number of hydrogen-bond acceptors (Lipinski definition) is 4. The summed E-state index contributed by atoms with van der Waals surface area (Å²) in [5.74, 6) is -0.806. The Bertz CT molecular complexity index is 715. The maximum Gasteiger partial charge on any atom is 0.311 e. The summed E-state index contributed by atoms with van der Waals surface area (Å²) in [6.45, 7) is 0.173. The Morgan fingerprint density at radius 1 is 1.17 bits per heavy atom. The molecule has 0 amide bonds. The quantitative estimate of drug-likeness (QED) is 0.613. The molecule has 0 bridgehead atoms. The minimum atomic E-state index is -0.948. The molecule has 0 unspecified atom stereocenters. The van der Waals surface area contributed by atoms with E-state index in [-0.39, 0.29) is 30.9 Å². The van der Waals surface area contributed by atoms with Crippen LogP contribution < -0.4 is 4.74 Å². The SMILES string of the molecule is O=C(O)CCc1ccc(OCc2ccc(Cl)cc2)c([N+](=O)[O-])c1. The predicted octanol–water partition coefficient (Wildman–Crippen LogP) is 3.84. The number of aryl methyl sites for hydroxylation is 1. The van der Waals surface area contributed by atoms with Gasteiger partial charge >= 0.3 is 11.7 Å². The van der Waals surface area contributed by atoms with Gasteiger partial charge in [-0.15, -0.1) is 0 Å². The van der Waals surface area contributed by atoms with E-state index in [9.17, 15) is 14.9 Å². The van der Waals surface area contributed by atoms with Crippen LogP contribution in [0.5, 0.6) is 5.75 Å². The van der Waals surface area contributed by atoms with Crippen LogP contribution in [0.4, 0.5) is 5.69 Å². The summed E-state index contributed by atoms with van der Waals surface area (Å²) in [5.41, 5.74) is 1.23. The van der Waals surface area contributed by atoms with Crippen molar-refractivity contribution in [1.29, 1.82) is 0 Å². The number of benzene rings is 2. The molecule has 0 atom stereocenters. The smallest absolute Gasteiger partial charge is 0.311 e. The Labute approximate surface area is 137 Å². The highest BCUT2D eigenvalue weighted by atomic mass is 35.5. The third-order valence-electron chi connectivity index (χ3n) is 3.16. The van der Waals surface area contributed by atoms with E-state index in [2.05, 4.69) is 0 Å². The van der Waals surface area contributed by atoms with Crippen molar-refractivity contribution in [3.05, 3.63) is 68.7 Å². The van der Waals surface area contributed by atoms with Crippen molar-refractivity contribution in [3.63, 3.8) is 0 Å². The minimum Gasteiger partial charge on any atom is -0.482 e. The number of nitro groups is 1. The molecule has 23 heavy (non-hydrogen) atoms. The molecule has 0 radical (unpaired) electrons. The fourth-order valence-corrected chi connectivity index (χ4v) is 2.10. The van der Waals surface area contributed by atoms with Gasteiger partial charge < -0.3 is 9.84 Å². The van der Waals surface area contributed by atoms with E-state index in [1.54, 1.807) is 30.3 Å². The summed E-state index contributed by atoms with van der Waals surface area (Å²) in [6.07, 6.45) is 0.149. The first-order valence-corrected chi connectivity index (χ1v) is 7.20. The predicted molar refractivity (Wildman–Crippen MR) is 84.8 cm³/mol. The fourth-order valence-electron chi connectivity index (χ4n) is 1.98. The molecule has 0 spiro atoms. The Morgan fingerprint density at radius 2 is 1.83 bits per heavy atom. The van der Waals surface area contributed by atoms with E-state index in [1.165, 1.54) is 12.1 Å². The zero-order chi connectivity index (χ0) is 16.8. The number of rotatable bonds is 7. The molecule has 0 heterocycles. The molecule has 0 saturated carbocycles. The number of nitro benzene ring substituents is 1. The normalized spacial score (nSPS) is 10.3. The maximum atomic E-state index is 11.2. The first-order chi connectivity index (χ1) is 11.0. The van der Waals surface area contributed by atoms with E-state index in [0.29, 0.717) is 10.6 Å². The molecule has 0 aromatic heterocycles.